The number of halogens is 3. The SMILES string of the molecule is CC1(C)C(/C=C/C=C2/N(CCC[N+](C)(C)C)c3ccccc3C2(C)C)=[N+](CCC[N+](C)(C)C)c2ccccc21.[Br-].[Br-].[Br-]. The molecular formula is C35H53Br3N4. The van der Waals surface area contributed by atoms with Gasteiger partial charge in [-0.15, -0.1) is 0 Å². The third-order valence-corrected chi connectivity index (χ3v) is 8.53. The lowest BCUT2D eigenvalue weighted by Crippen LogP contribution is -3.00. The van der Waals surface area contributed by atoms with Crippen molar-refractivity contribution in [1.29, 1.82) is 0 Å². The molecule has 2 aliphatic rings. The van der Waals surface area contributed by atoms with Gasteiger partial charge in [0.05, 0.1) is 67.2 Å². The Labute approximate surface area is 288 Å². The Balaban J connectivity index is 0.00000294. The molecule has 0 spiro atoms. The first-order valence-corrected chi connectivity index (χ1v) is 14.7. The van der Waals surface area contributed by atoms with Crippen LogP contribution in [0.15, 0.2) is 72.5 Å². The summed E-state index contributed by atoms with van der Waals surface area (Å²) < 4.78 is 4.57. The Bertz CT molecular complexity index is 1290. The quantitative estimate of drug-likeness (QED) is 0.192. The van der Waals surface area contributed by atoms with Gasteiger partial charge in [0.25, 0.3) is 0 Å². The van der Waals surface area contributed by atoms with E-state index in [4.69, 9.17) is 0 Å². The van der Waals surface area contributed by atoms with E-state index in [1.54, 1.807) is 0 Å². The van der Waals surface area contributed by atoms with Gasteiger partial charge < -0.3 is 64.8 Å². The van der Waals surface area contributed by atoms with Gasteiger partial charge in [0.15, 0.2) is 12.3 Å². The first kappa shape index (κ1) is 38.8. The monoisotopic (exact) mass is 766 g/mol. The van der Waals surface area contributed by atoms with Crippen LogP contribution in [0, 0.1) is 0 Å². The van der Waals surface area contributed by atoms with E-state index < -0.39 is 0 Å². The number of rotatable bonds is 10. The molecule has 0 saturated carbocycles. The van der Waals surface area contributed by atoms with Crippen LogP contribution in [0.25, 0.3) is 0 Å². The summed E-state index contributed by atoms with van der Waals surface area (Å²) >= 11 is 0. The van der Waals surface area contributed by atoms with E-state index in [1.807, 2.05) is 0 Å². The zero-order valence-corrected chi connectivity index (χ0v) is 32.3. The standard InChI is InChI=1S/C35H53N4.3BrH/c1-34(2)28-18-11-13-20-30(28)36(24-16-26-38(5,6)7)32(34)22-15-23-33-35(3,4)29-19-12-14-21-31(29)37(33)25-17-27-39(8,9)10;;;/h11-15,18-23H,16-17,24-27H2,1-10H3;3*1H/q+3;;;/p-3. The fraction of sp³-hybridized carbons (Fsp3) is 0.514. The van der Waals surface area contributed by atoms with Crippen LogP contribution in [0.1, 0.15) is 51.7 Å². The summed E-state index contributed by atoms with van der Waals surface area (Å²) in [5, 5.41) is 0. The first-order chi connectivity index (χ1) is 18.1. The topological polar surface area (TPSA) is 6.25 Å². The van der Waals surface area contributed by atoms with Gasteiger partial charge in [-0.25, -0.2) is 0 Å². The molecule has 4 rings (SSSR count). The molecule has 0 fully saturated rings. The lowest BCUT2D eigenvalue weighted by molar-refractivity contribution is -0.871. The lowest BCUT2D eigenvalue weighted by Gasteiger charge is -2.29. The van der Waals surface area contributed by atoms with Crippen LogP contribution in [0.3, 0.4) is 0 Å². The van der Waals surface area contributed by atoms with E-state index in [9.17, 15) is 0 Å². The van der Waals surface area contributed by atoms with Crippen molar-refractivity contribution in [3.05, 3.63) is 83.6 Å². The van der Waals surface area contributed by atoms with E-state index >= 15 is 0 Å². The van der Waals surface area contributed by atoms with Crippen LogP contribution in [0.4, 0.5) is 11.4 Å². The van der Waals surface area contributed by atoms with Gasteiger partial charge in [0, 0.05) is 47.5 Å². The van der Waals surface area contributed by atoms with Gasteiger partial charge in [0.1, 0.15) is 0 Å². The molecule has 0 aliphatic carbocycles. The molecule has 0 N–H and O–H groups in total. The van der Waals surface area contributed by atoms with Crippen molar-refractivity contribution < 1.29 is 64.5 Å². The number of quaternary nitrogens is 2. The van der Waals surface area contributed by atoms with Crippen molar-refractivity contribution >= 4 is 17.1 Å². The number of allylic oxidation sites excluding steroid dienone is 4. The molecule has 2 aromatic rings. The summed E-state index contributed by atoms with van der Waals surface area (Å²) in [6, 6.07) is 18.0. The second kappa shape index (κ2) is 14.7. The molecule has 0 amide bonds. The number of nitrogens with zero attached hydrogens (tertiary/aromatic N) is 4. The second-order valence-corrected chi connectivity index (χ2v) is 14.6. The fourth-order valence-electron chi connectivity index (χ4n) is 6.40. The molecule has 0 bridgehead atoms. The summed E-state index contributed by atoms with van der Waals surface area (Å²) in [6.45, 7) is 13.9. The van der Waals surface area contributed by atoms with Crippen LogP contribution in [-0.4, -0.2) is 87.7 Å². The molecule has 0 radical (unpaired) electrons. The molecule has 234 valence electrons. The highest BCUT2D eigenvalue weighted by Gasteiger charge is 2.44. The predicted molar refractivity (Wildman–Crippen MR) is 168 cm³/mol. The summed E-state index contributed by atoms with van der Waals surface area (Å²) in [5.41, 5.74) is 8.33. The molecule has 42 heavy (non-hydrogen) atoms. The van der Waals surface area contributed by atoms with Crippen molar-refractivity contribution in [2.24, 2.45) is 0 Å². The molecule has 0 unspecified atom stereocenters. The highest BCUT2D eigenvalue weighted by Crippen LogP contribution is 2.47. The maximum atomic E-state index is 2.58. The van der Waals surface area contributed by atoms with Gasteiger partial charge in [-0.05, 0) is 31.6 Å². The zero-order chi connectivity index (χ0) is 28.6. The van der Waals surface area contributed by atoms with Gasteiger partial charge in [-0.3, -0.25) is 0 Å². The Morgan fingerprint density at radius 2 is 1.26 bits per heavy atom. The van der Waals surface area contributed by atoms with Crippen LogP contribution in [-0.2, 0) is 10.8 Å². The Hall–Kier alpha value is -1.25. The maximum Gasteiger partial charge on any atom is 0.209 e. The minimum Gasteiger partial charge on any atom is -1.00 e. The zero-order valence-electron chi connectivity index (χ0n) is 27.5. The Morgan fingerprint density at radius 3 is 1.88 bits per heavy atom. The normalized spacial score (nSPS) is 18.0. The van der Waals surface area contributed by atoms with Gasteiger partial charge in [-0.1, -0.05) is 56.3 Å². The number of para-hydroxylation sites is 2. The van der Waals surface area contributed by atoms with Crippen LogP contribution >= 0.6 is 0 Å². The first-order valence-electron chi connectivity index (χ1n) is 14.7. The van der Waals surface area contributed by atoms with Crippen molar-refractivity contribution in [2.45, 2.75) is 51.4 Å². The molecule has 0 atom stereocenters. The highest BCUT2D eigenvalue weighted by molar-refractivity contribution is 6.03. The van der Waals surface area contributed by atoms with E-state index in [1.165, 1.54) is 33.9 Å². The highest BCUT2D eigenvalue weighted by atomic mass is 79.9. The predicted octanol–water partition coefficient (Wildman–Crippen LogP) is -2.49. The van der Waals surface area contributed by atoms with E-state index in [0.29, 0.717) is 0 Å². The summed E-state index contributed by atoms with van der Waals surface area (Å²) in [6.07, 6.45) is 9.43. The summed E-state index contributed by atoms with van der Waals surface area (Å²) in [5.74, 6) is 0. The minimum atomic E-state index is -0.0271. The maximum absolute atomic E-state index is 2.58. The van der Waals surface area contributed by atoms with E-state index in [0.717, 1.165) is 48.0 Å². The van der Waals surface area contributed by atoms with E-state index in [-0.39, 0.29) is 61.8 Å². The molecule has 7 heteroatoms. The number of benzene rings is 2. The molecule has 0 saturated heterocycles. The number of anilines is 1. The van der Waals surface area contributed by atoms with Crippen LogP contribution in [0.5, 0.6) is 0 Å². The van der Waals surface area contributed by atoms with Gasteiger partial charge in [-0.2, -0.15) is 4.58 Å². The summed E-state index contributed by atoms with van der Waals surface area (Å²) in [7, 11) is 13.7. The molecule has 2 aliphatic heterocycles. The third kappa shape index (κ3) is 8.47. The summed E-state index contributed by atoms with van der Waals surface area (Å²) in [4.78, 5) is 2.58. The number of hydrogen-bond donors (Lipinski definition) is 0. The van der Waals surface area contributed by atoms with Crippen LogP contribution in [0.2, 0.25) is 0 Å². The molecule has 2 aromatic carbocycles. The Morgan fingerprint density at radius 1 is 0.714 bits per heavy atom. The van der Waals surface area contributed by atoms with Crippen molar-refractivity contribution in [3.63, 3.8) is 0 Å². The smallest absolute Gasteiger partial charge is 0.209 e. The molecule has 4 nitrogen and oxygen atoms in total. The number of fused-ring (bicyclic) bond motifs is 2. The van der Waals surface area contributed by atoms with Crippen molar-refractivity contribution in [2.75, 3.05) is 73.4 Å². The van der Waals surface area contributed by atoms with Crippen molar-refractivity contribution in [3.8, 4) is 0 Å². The third-order valence-electron chi connectivity index (χ3n) is 8.53. The Kier molecular flexibility index (Phi) is 13.6. The molecule has 2 heterocycles. The second-order valence-electron chi connectivity index (χ2n) is 14.6. The largest absolute Gasteiger partial charge is 1.00 e. The average Bonchev–Trinajstić information content (AvgIpc) is 3.18. The average molecular weight is 770 g/mol. The lowest BCUT2D eigenvalue weighted by atomic mass is 9.81. The van der Waals surface area contributed by atoms with Crippen molar-refractivity contribution in [1.82, 2.24) is 0 Å². The van der Waals surface area contributed by atoms with E-state index in [2.05, 4.69) is 146 Å². The van der Waals surface area contributed by atoms with Gasteiger partial charge >= 0.3 is 0 Å². The fourth-order valence-corrected chi connectivity index (χ4v) is 6.40. The minimum absolute atomic E-state index is 0. The number of hydrogen-bond acceptors (Lipinski definition) is 1. The molecular weight excluding hydrogens is 716 g/mol. The van der Waals surface area contributed by atoms with Gasteiger partial charge in [0.2, 0.25) is 5.69 Å². The molecule has 0 aromatic heterocycles. The van der Waals surface area contributed by atoms with Crippen LogP contribution < -0.4 is 55.8 Å².